The molecule has 124 valence electrons. The highest BCUT2D eigenvalue weighted by atomic mass is 31.2. The summed E-state index contributed by atoms with van der Waals surface area (Å²) in [7, 11) is -2.40. The Morgan fingerprint density at radius 2 is 1.42 bits per heavy atom. The number of nitrogens with zero attached hydrogens (tertiary/aromatic N) is 3. The summed E-state index contributed by atoms with van der Waals surface area (Å²) in [6.07, 6.45) is 0. The van der Waals surface area contributed by atoms with Gasteiger partial charge in [0.1, 0.15) is 7.21 Å². The number of rotatable bonds is 2. The third-order valence-electron chi connectivity index (χ3n) is 3.41. The Kier molecular flexibility index (Phi) is 4.29. The Morgan fingerprint density at radius 1 is 0.917 bits per heavy atom. The van der Waals surface area contributed by atoms with E-state index < -0.39 is 7.21 Å². The standard InChI is InChI=1S/C18H22N5P/c1-18(2,3)21-17-20-16(19)22-24(23-17,14-10-6-4-7-11-14)15-12-8-5-9-13-15/h4-13H,1-3H3,(H3,19,20,21,22). The Morgan fingerprint density at radius 3 is 1.88 bits per heavy atom. The predicted molar refractivity (Wildman–Crippen MR) is 103 cm³/mol. The van der Waals surface area contributed by atoms with Crippen molar-refractivity contribution in [3.05, 3.63) is 60.7 Å². The summed E-state index contributed by atoms with van der Waals surface area (Å²) >= 11 is 0. The quantitative estimate of drug-likeness (QED) is 0.826. The molecule has 2 aromatic carbocycles. The van der Waals surface area contributed by atoms with Crippen LogP contribution in [0.25, 0.3) is 0 Å². The van der Waals surface area contributed by atoms with Crippen molar-refractivity contribution in [1.29, 1.82) is 0 Å². The van der Waals surface area contributed by atoms with Gasteiger partial charge < -0.3 is 5.73 Å². The average Bonchev–Trinajstić information content (AvgIpc) is 2.54. The third kappa shape index (κ3) is 3.41. The molecular formula is C18H22N5P. The minimum absolute atomic E-state index is 0.257. The van der Waals surface area contributed by atoms with E-state index in [2.05, 4.69) is 34.6 Å². The lowest BCUT2D eigenvalue weighted by Crippen LogP contribution is -2.40. The largest absolute Gasteiger partial charge is 0.369 e. The lowest BCUT2D eigenvalue weighted by Gasteiger charge is -2.27. The highest BCUT2D eigenvalue weighted by molar-refractivity contribution is 7.80. The smallest absolute Gasteiger partial charge is 0.226 e. The molecule has 0 saturated heterocycles. The van der Waals surface area contributed by atoms with Crippen molar-refractivity contribution in [1.82, 2.24) is 5.32 Å². The van der Waals surface area contributed by atoms with Crippen LogP contribution in [0.4, 0.5) is 0 Å². The fourth-order valence-corrected chi connectivity index (χ4v) is 5.21. The molecule has 0 fully saturated rings. The van der Waals surface area contributed by atoms with Crippen LogP contribution in [0, 0.1) is 0 Å². The Bertz CT molecular complexity index is 789. The minimum atomic E-state index is -2.40. The molecule has 6 heteroatoms. The van der Waals surface area contributed by atoms with E-state index in [1.54, 1.807) is 0 Å². The van der Waals surface area contributed by atoms with Crippen molar-refractivity contribution in [3.63, 3.8) is 0 Å². The number of aliphatic imine (C=N–C) groups is 1. The molecule has 0 aliphatic carbocycles. The van der Waals surface area contributed by atoms with Gasteiger partial charge in [-0.2, -0.15) is 0 Å². The summed E-state index contributed by atoms with van der Waals surface area (Å²) in [5.41, 5.74) is 5.86. The van der Waals surface area contributed by atoms with Crippen LogP contribution in [-0.2, 0) is 0 Å². The second kappa shape index (κ2) is 6.25. The summed E-state index contributed by atoms with van der Waals surface area (Å²) in [6, 6.07) is 20.2. The average molecular weight is 339 g/mol. The molecule has 0 spiro atoms. The van der Waals surface area contributed by atoms with Gasteiger partial charge in [0.25, 0.3) is 0 Å². The third-order valence-corrected chi connectivity index (χ3v) is 6.43. The predicted octanol–water partition coefficient (Wildman–Crippen LogP) is 2.83. The maximum atomic E-state index is 6.12. The number of nitrogens with one attached hydrogen (secondary N) is 1. The second-order valence-corrected chi connectivity index (χ2v) is 9.22. The Labute approximate surface area is 142 Å². The van der Waals surface area contributed by atoms with Gasteiger partial charge in [-0.25, -0.2) is 14.5 Å². The number of nitrogens with two attached hydrogens (primary N) is 1. The van der Waals surface area contributed by atoms with Crippen LogP contribution in [0.2, 0.25) is 0 Å². The summed E-state index contributed by atoms with van der Waals surface area (Å²) in [6.45, 7) is 6.10. The van der Waals surface area contributed by atoms with E-state index >= 15 is 0 Å². The van der Waals surface area contributed by atoms with Crippen molar-refractivity contribution in [2.45, 2.75) is 26.3 Å². The van der Waals surface area contributed by atoms with Gasteiger partial charge in [-0.15, -0.1) is 0 Å². The van der Waals surface area contributed by atoms with E-state index in [-0.39, 0.29) is 5.54 Å². The maximum Gasteiger partial charge on any atom is 0.226 e. The van der Waals surface area contributed by atoms with Crippen LogP contribution in [0.15, 0.2) is 75.2 Å². The Hall–Kier alpha value is -2.39. The first-order valence-corrected chi connectivity index (χ1v) is 9.55. The fourth-order valence-electron chi connectivity index (χ4n) is 2.50. The zero-order valence-corrected chi connectivity index (χ0v) is 15.0. The molecule has 3 N–H and O–H groups in total. The zero-order chi connectivity index (χ0) is 17.2. The van der Waals surface area contributed by atoms with Crippen LogP contribution >= 0.6 is 7.21 Å². The molecule has 0 atom stereocenters. The van der Waals surface area contributed by atoms with E-state index in [9.17, 15) is 0 Å². The van der Waals surface area contributed by atoms with Crippen molar-refractivity contribution in [2.24, 2.45) is 20.2 Å². The van der Waals surface area contributed by atoms with E-state index in [0.717, 1.165) is 10.6 Å². The number of benzene rings is 2. The molecule has 2 aromatic rings. The second-order valence-electron chi connectivity index (χ2n) is 6.59. The summed E-state index contributed by atoms with van der Waals surface area (Å²) in [5.74, 6) is 0.894. The van der Waals surface area contributed by atoms with Crippen LogP contribution in [0.3, 0.4) is 0 Å². The molecule has 0 amide bonds. The van der Waals surface area contributed by atoms with Gasteiger partial charge in [-0.1, -0.05) is 60.7 Å². The van der Waals surface area contributed by atoms with Gasteiger partial charge in [0.05, 0.1) is 5.54 Å². The Balaban J connectivity index is 2.31. The molecule has 0 aromatic heterocycles. The fraction of sp³-hybridized carbons (Fsp3) is 0.222. The summed E-state index contributed by atoms with van der Waals surface area (Å²) < 4.78 is 9.75. The molecular weight excluding hydrogens is 317 g/mol. The lowest BCUT2D eigenvalue weighted by atomic mass is 10.1. The topological polar surface area (TPSA) is 75.1 Å². The number of guanidine groups is 2. The van der Waals surface area contributed by atoms with E-state index in [1.165, 1.54) is 0 Å². The van der Waals surface area contributed by atoms with Gasteiger partial charge in [0.2, 0.25) is 11.9 Å². The molecule has 0 saturated carbocycles. The SMILES string of the molecule is CC(C)(C)N=C1N=P(c2ccccc2)(c2ccccc2)N=C(N)N1. The van der Waals surface area contributed by atoms with E-state index in [0.29, 0.717) is 11.9 Å². The van der Waals surface area contributed by atoms with Gasteiger partial charge in [-0.3, -0.25) is 5.32 Å². The van der Waals surface area contributed by atoms with Gasteiger partial charge >= 0.3 is 0 Å². The summed E-state index contributed by atoms with van der Waals surface area (Å²) in [5, 5.41) is 5.12. The van der Waals surface area contributed by atoms with Crippen LogP contribution < -0.4 is 21.7 Å². The lowest BCUT2D eigenvalue weighted by molar-refractivity contribution is 0.581. The summed E-state index contributed by atoms with van der Waals surface area (Å²) in [4.78, 5) is 4.67. The number of hydrogen-bond donors (Lipinski definition) is 2. The van der Waals surface area contributed by atoms with Crippen LogP contribution in [-0.4, -0.2) is 17.5 Å². The molecule has 0 unspecified atom stereocenters. The maximum absolute atomic E-state index is 6.12. The van der Waals surface area contributed by atoms with E-state index in [4.69, 9.17) is 15.2 Å². The first kappa shape index (κ1) is 16.5. The molecule has 24 heavy (non-hydrogen) atoms. The molecule has 3 rings (SSSR count). The zero-order valence-electron chi connectivity index (χ0n) is 14.1. The highest BCUT2D eigenvalue weighted by Gasteiger charge is 2.29. The monoisotopic (exact) mass is 339 g/mol. The molecule has 1 heterocycles. The van der Waals surface area contributed by atoms with Crippen molar-refractivity contribution in [3.8, 4) is 0 Å². The normalized spacial score (nSPS) is 18.5. The number of hydrogen-bond acceptors (Lipinski definition) is 3. The molecule has 0 radical (unpaired) electrons. The first-order chi connectivity index (χ1) is 11.4. The molecule has 1 aliphatic rings. The molecule has 1 aliphatic heterocycles. The van der Waals surface area contributed by atoms with Crippen LogP contribution in [0.1, 0.15) is 20.8 Å². The van der Waals surface area contributed by atoms with Crippen molar-refractivity contribution < 1.29 is 0 Å². The minimum Gasteiger partial charge on any atom is -0.369 e. The highest BCUT2D eigenvalue weighted by Crippen LogP contribution is 2.50. The first-order valence-electron chi connectivity index (χ1n) is 7.85. The molecule has 0 bridgehead atoms. The van der Waals surface area contributed by atoms with Crippen LogP contribution in [0.5, 0.6) is 0 Å². The molecule has 5 nitrogen and oxygen atoms in total. The van der Waals surface area contributed by atoms with Gasteiger partial charge in [0, 0.05) is 10.6 Å². The van der Waals surface area contributed by atoms with Gasteiger partial charge in [-0.05, 0) is 20.8 Å². The van der Waals surface area contributed by atoms with Gasteiger partial charge in [0.15, 0.2) is 0 Å². The van der Waals surface area contributed by atoms with Crippen molar-refractivity contribution >= 4 is 29.7 Å². The van der Waals surface area contributed by atoms with E-state index in [1.807, 2.05) is 57.2 Å². The van der Waals surface area contributed by atoms with Crippen molar-refractivity contribution in [2.75, 3.05) is 0 Å².